The first kappa shape index (κ1) is 40.8. The molecule has 4 bridgehead atoms. The fraction of sp³-hybridized carbons (Fsp3) is 0.333. The third-order valence-electron chi connectivity index (χ3n) is 13.8. The molecule has 0 radical (unpaired) electrons. The summed E-state index contributed by atoms with van der Waals surface area (Å²) in [4.78, 5) is 26.6. The van der Waals surface area contributed by atoms with Crippen molar-refractivity contribution in [1.29, 1.82) is 0 Å². The molecule has 0 spiro atoms. The molecule has 4 aliphatic carbocycles. The van der Waals surface area contributed by atoms with Crippen molar-refractivity contribution in [2.24, 2.45) is 23.7 Å². The van der Waals surface area contributed by atoms with Crippen LogP contribution < -0.4 is 18.9 Å². The fourth-order valence-corrected chi connectivity index (χ4v) is 17.2. The summed E-state index contributed by atoms with van der Waals surface area (Å²) < 4.78 is 97.4. The number of fused-ring (bicyclic) bond motifs is 5. The summed E-state index contributed by atoms with van der Waals surface area (Å²) in [6.45, 7) is -0.655. The van der Waals surface area contributed by atoms with E-state index < -0.39 is 67.1 Å². The summed E-state index contributed by atoms with van der Waals surface area (Å²) in [5.74, 6) is 1.87. The number of benzene rings is 5. The predicted octanol–water partition coefficient (Wildman–Crippen LogP) is 8.17. The summed E-state index contributed by atoms with van der Waals surface area (Å²) in [6, 6.07) is 36.4. The number of hydrogen-bond donors (Lipinski definition) is 0. The quantitative estimate of drug-likeness (QED) is 0.0616. The first-order valence-electron chi connectivity index (χ1n) is 21.6. The summed E-state index contributed by atoms with van der Waals surface area (Å²) in [6.07, 6.45) is -0.0687. The lowest BCUT2D eigenvalue weighted by Gasteiger charge is -2.24. The van der Waals surface area contributed by atoms with E-state index in [1.54, 1.807) is 48.5 Å². The largest absolute Gasteiger partial charge is 0.482 e. The lowest BCUT2D eigenvalue weighted by atomic mass is 9.94. The minimum atomic E-state index is -3.60. The molecule has 6 aliphatic rings. The first-order valence-corrected chi connectivity index (χ1v) is 25.7. The molecule has 10 atom stereocenters. The van der Waals surface area contributed by atoms with Crippen LogP contribution in [0.25, 0.3) is 25.1 Å². The van der Waals surface area contributed by atoms with Gasteiger partial charge in [-0.05, 0) is 111 Å². The van der Waals surface area contributed by atoms with E-state index >= 15 is 0 Å². The Bertz CT molecular complexity index is 2910. The Morgan fingerprint density at radius 2 is 0.938 bits per heavy atom. The standard InChI is InChI=1S/C48H41O14S3/c49-43(59-45-26-18-37-41(20-26)64(51,52)61-47(37)45)24-55-28-6-10-30(11-7-28)57-32-14-16-39-35(22-32)36-23-33(15-17-40(36)63(39)34-4-2-1-3-5-34)58-31-12-8-29(9-13-31)56-25-44(50)60-46-27-19-38-42(21-27)65(53,54)62-48(38)46/h1-17,22-23,26-27,37-38,41-42,45-48H,18-21,24-25H2/q+1. The normalized spacial score (nSPS) is 29.6. The zero-order valence-electron chi connectivity index (χ0n) is 34.4. The number of rotatable bonds is 13. The molecule has 65 heavy (non-hydrogen) atoms. The highest BCUT2D eigenvalue weighted by Crippen LogP contribution is 2.57. The van der Waals surface area contributed by atoms with Gasteiger partial charge in [0.05, 0.1) is 21.3 Å². The maximum atomic E-state index is 12.7. The van der Waals surface area contributed by atoms with Gasteiger partial charge in [0.1, 0.15) is 58.9 Å². The predicted molar refractivity (Wildman–Crippen MR) is 237 cm³/mol. The molecule has 6 fully saturated rings. The molecular weight excluding hydrogens is 897 g/mol. The van der Waals surface area contributed by atoms with E-state index in [1.165, 1.54) is 4.90 Å². The molecule has 1 aromatic heterocycles. The number of ether oxygens (including phenoxy) is 6. The molecule has 17 heteroatoms. The van der Waals surface area contributed by atoms with E-state index in [-0.39, 0.29) is 47.4 Å². The second-order valence-corrected chi connectivity index (χ2v) is 23.1. The third-order valence-corrected chi connectivity index (χ3v) is 19.7. The van der Waals surface area contributed by atoms with Crippen LogP contribution >= 0.6 is 10.5 Å². The molecule has 3 heterocycles. The van der Waals surface area contributed by atoms with E-state index in [0.717, 1.165) is 20.2 Å². The Kier molecular flexibility index (Phi) is 9.68. The van der Waals surface area contributed by atoms with E-state index in [1.807, 2.05) is 42.5 Å². The minimum absolute atomic E-state index is 0.0165. The Morgan fingerprint density at radius 3 is 1.38 bits per heavy atom. The van der Waals surface area contributed by atoms with Crippen molar-refractivity contribution >= 4 is 62.8 Å². The highest BCUT2D eigenvalue weighted by Gasteiger charge is 2.66. The molecule has 4 saturated carbocycles. The molecule has 2 aliphatic heterocycles. The smallest absolute Gasteiger partial charge is 0.344 e. The minimum Gasteiger partial charge on any atom is -0.482 e. The molecule has 14 nitrogen and oxygen atoms in total. The van der Waals surface area contributed by atoms with E-state index in [2.05, 4.69) is 24.3 Å². The van der Waals surface area contributed by atoms with Crippen LogP contribution in [0.15, 0.2) is 115 Å². The fourth-order valence-electron chi connectivity index (χ4n) is 11.1. The Labute approximate surface area is 376 Å². The maximum absolute atomic E-state index is 12.7. The molecule has 5 aromatic carbocycles. The van der Waals surface area contributed by atoms with Gasteiger partial charge < -0.3 is 28.4 Å². The highest BCUT2D eigenvalue weighted by molar-refractivity contribution is 7.88. The second-order valence-electron chi connectivity index (χ2n) is 17.5. The molecular formula is C48H41O14S3+. The lowest BCUT2D eigenvalue weighted by molar-refractivity contribution is -0.159. The van der Waals surface area contributed by atoms with Gasteiger partial charge in [0, 0.05) is 46.3 Å². The van der Waals surface area contributed by atoms with E-state index in [9.17, 15) is 26.4 Å². The van der Waals surface area contributed by atoms with Crippen molar-refractivity contribution < 1.29 is 63.2 Å². The summed E-state index contributed by atoms with van der Waals surface area (Å²) in [7, 11) is -7.57. The van der Waals surface area contributed by atoms with Crippen LogP contribution in [0.3, 0.4) is 0 Å². The van der Waals surface area contributed by atoms with Gasteiger partial charge in [-0.3, -0.25) is 8.37 Å². The molecule has 10 unspecified atom stereocenters. The summed E-state index contributed by atoms with van der Waals surface area (Å²) in [5.41, 5.74) is 0. The molecule has 0 N–H and O–H groups in total. The van der Waals surface area contributed by atoms with Crippen LogP contribution in [0.2, 0.25) is 0 Å². The monoisotopic (exact) mass is 937 g/mol. The molecule has 6 aromatic rings. The van der Waals surface area contributed by atoms with Crippen LogP contribution in [0.5, 0.6) is 34.5 Å². The highest BCUT2D eigenvalue weighted by atomic mass is 32.2. The third kappa shape index (κ3) is 7.19. The van der Waals surface area contributed by atoms with Crippen molar-refractivity contribution in [2.75, 3.05) is 13.2 Å². The zero-order chi connectivity index (χ0) is 44.2. The second kappa shape index (κ2) is 15.4. The number of carbonyl (C=O) groups is 2. The van der Waals surface area contributed by atoms with E-state index in [0.29, 0.717) is 60.2 Å². The van der Waals surface area contributed by atoms with Crippen molar-refractivity contribution in [3.8, 4) is 39.4 Å². The Balaban J connectivity index is 0.705. The maximum Gasteiger partial charge on any atom is 0.344 e. The van der Waals surface area contributed by atoms with Gasteiger partial charge in [0.25, 0.3) is 20.2 Å². The van der Waals surface area contributed by atoms with Crippen LogP contribution in [-0.4, -0.2) is 76.9 Å². The Morgan fingerprint density at radius 1 is 0.523 bits per heavy atom. The summed E-state index contributed by atoms with van der Waals surface area (Å²) in [5, 5.41) is 1.06. The van der Waals surface area contributed by atoms with Gasteiger partial charge >= 0.3 is 11.9 Å². The molecule has 0 amide bonds. The SMILES string of the molecule is O=C(COc1ccc(Oc2ccc3c(c2)c2cc(Oc4ccc(OCC(=O)OC5C6CC7C5OS(=O)(=O)C7C6)cc4)ccc2[s+]3-c2ccccc2)cc1)OC1C2CC3C1OS(=O)(=O)C3C2. The average Bonchev–Trinajstić information content (AvgIpc) is 4.16. The van der Waals surface area contributed by atoms with Gasteiger partial charge in [0.15, 0.2) is 27.5 Å². The van der Waals surface area contributed by atoms with Crippen LogP contribution in [0, 0.1) is 23.7 Å². The van der Waals surface area contributed by atoms with Crippen molar-refractivity contribution in [2.45, 2.75) is 60.6 Å². The summed E-state index contributed by atoms with van der Waals surface area (Å²) >= 11 is 0. The van der Waals surface area contributed by atoms with Crippen molar-refractivity contribution in [3.05, 3.63) is 115 Å². The molecule has 12 rings (SSSR count). The number of hydrogen-bond acceptors (Lipinski definition) is 14. The van der Waals surface area contributed by atoms with Crippen LogP contribution in [-0.2, 0) is 47.7 Å². The number of esters is 2. The van der Waals surface area contributed by atoms with Crippen LogP contribution in [0.1, 0.15) is 25.7 Å². The Hall–Kier alpha value is -5.72. The van der Waals surface area contributed by atoms with Crippen LogP contribution in [0.4, 0.5) is 0 Å². The van der Waals surface area contributed by atoms with Gasteiger partial charge in [-0.15, -0.1) is 0 Å². The van der Waals surface area contributed by atoms with Gasteiger partial charge in [0.2, 0.25) is 0 Å². The van der Waals surface area contributed by atoms with Crippen molar-refractivity contribution in [1.82, 2.24) is 0 Å². The molecule has 334 valence electrons. The number of carbonyl (C=O) groups excluding carboxylic acids is 2. The van der Waals surface area contributed by atoms with E-state index in [4.69, 9.17) is 36.8 Å². The topological polar surface area (TPSA) is 176 Å². The average molecular weight is 938 g/mol. The van der Waals surface area contributed by atoms with Crippen molar-refractivity contribution in [3.63, 3.8) is 0 Å². The lowest BCUT2D eigenvalue weighted by Crippen LogP contribution is -2.38. The first-order chi connectivity index (χ1) is 31.4. The zero-order valence-corrected chi connectivity index (χ0v) is 36.9. The van der Waals surface area contributed by atoms with Gasteiger partial charge in [-0.2, -0.15) is 16.8 Å². The van der Waals surface area contributed by atoms with Gasteiger partial charge in [-0.25, -0.2) is 9.59 Å². The molecule has 2 saturated heterocycles. The van der Waals surface area contributed by atoms with Gasteiger partial charge in [-0.1, -0.05) is 18.2 Å². The number of thiophene rings is 1.